The molecule has 0 aromatic heterocycles. The third-order valence-electron chi connectivity index (χ3n) is 1.76. The summed E-state index contributed by atoms with van der Waals surface area (Å²) in [6, 6.07) is 0.507. The van der Waals surface area contributed by atoms with Crippen molar-refractivity contribution >= 4 is 0 Å². The van der Waals surface area contributed by atoms with E-state index in [4.69, 9.17) is 5.11 Å². The highest BCUT2D eigenvalue weighted by atomic mass is 16.3. The average Bonchev–Trinajstić information content (AvgIpc) is 2.00. The minimum absolute atomic E-state index is 0.229. The van der Waals surface area contributed by atoms with Gasteiger partial charge in [-0.25, -0.2) is 0 Å². The molecule has 0 aliphatic carbocycles. The van der Waals surface area contributed by atoms with Crippen LogP contribution in [0.4, 0.5) is 0 Å². The van der Waals surface area contributed by atoms with E-state index >= 15 is 0 Å². The number of nitrogens with one attached hydrogen (secondary N) is 1. The molecular formula is C10H21NO. The average molecular weight is 171 g/mol. The molecule has 0 saturated carbocycles. The van der Waals surface area contributed by atoms with Crippen LogP contribution in [0.5, 0.6) is 0 Å². The molecule has 1 atom stereocenters. The summed E-state index contributed by atoms with van der Waals surface area (Å²) < 4.78 is 0. The lowest BCUT2D eigenvalue weighted by atomic mass is 10.1. The summed E-state index contributed by atoms with van der Waals surface area (Å²) in [5, 5.41) is 11.8. The quantitative estimate of drug-likeness (QED) is 0.596. The van der Waals surface area contributed by atoms with Crippen LogP contribution in [0.3, 0.4) is 0 Å². The van der Waals surface area contributed by atoms with Crippen molar-refractivity contribution in [3.05, 3.63) is 11.6 Å². The maximum atomic E-state index is 8.55. The van der Waals surface area contributed by atoms with Gasteiger partial charge in [0, 0.05) is 12.6 Å². The zero-order valence-corrected chi connectivity index (χ0v) is 8.43. The fourth-order valence-electron chi connectivity index (χ4n) is 1.04. The molecule has 1 unspecified atom stereocenters. The monoisotopic (exact) mass is 171 g/mol. The second kappa shape index (κ2) is 7.32. The highest BCUT2D eigenvalue weighted by Crippen LogP contribution is 2.00. The van der Waals surface area contributed by atoms with Gasteiger partial charge in [-0.1, -0.05) is 11.6 Å². The molecule has 0 radical (unpaired) electrons. The maximum Gasteiger partial charge on any atom is 0.0556 e. The first-order valence-corrected chi connectivity index (χ1v) is 4.64. The summed E-state index contributed by atoms with van der Waals surface area (Å²) in [5.74, 6) is 0. The lowest BCUT2D eigenvalue weighted by Crippen LogP contribution is -2.28. The number of hydrogen-bond donors (Lipinski definition) is 2. The van der Waals surface area contributed by atoms with Crippen LogP contribution in [-0.2, 0) is 0 Å². The van der Waals surface area contributed by atoms with Gasteiger partial charge in [0.2, 0.25) is 0 Å². The maximum absolute atomic E-state index is 8.55. The second-order valence-corrected chi connectivity index (χ2v) is 3.44. The molecule has 0 bridgehead atoms. The molecule has 72 valence electrons. The van der Waals surface area contributed by atoms with Crippen molar-refractivity contribution in [1.82, 2.24) is 5.32 Å². The first-order chi connectivity index (χ1) is 5.66. The number of hydrogen-bond acceptors (Lipinski definition) is 2. The molecule has 0 aromatic carbocycles. The SMILES string of the molecule is CC(C)=CCCC(C)NCCO. The van der Waals surface area contributed by atoms with Crippen molar-refractivity contribution in [1.29, 1.82) is 0 Å². The van der Waals surface area contributed by atoms with Crippen molar-refractivity contribution < 1.29 is 5.11 Å². The first kappa shape index (κ1) is 11.7. The van der Waals surface area contributed by atoms with Crippen LogP contribution in [0.15, 0.2) is 11.6 Å². The summed E-state index contributed by atoms with van der Waals surface area (Å²) in [6.07, 6.45) is 4.52. The van der Waals surface area contributed by atoms with Crippen LogP contribution in [0.2, 0.25) is 0 Å². The zero-order chi connectivity index (χ0) is 9.40. The molecular weight excluding hydrogens is 150 g/mol. The Labute approximate surface area is 75.7 Å². The minimum Gasteiger partial charge on any atom is -0.395 e. The molecule has 12 heavy (non-hydrogen) atoms. The summed E-state index contributed by atoms with van der Waals surface area (Å²) in [4.78, 5) is 0. The largest absolute Gasteiger partial charge is 0.395 e. The van der Waals surface area contributed by atoms with E-state index in [0.29, 0.717) is 12.6 Å². The molecule has 0 saturated heterocycles. The number of rotatable bonds is 6. The van der Waals surface area contributed by atoms with Gasteiger partial charge in [0.05, 0.1) is 6.61 Å². The predicted octanol–water partition coefficient (Wildman–Crippen LogP) is 1.70. The van der Waals surface area contributed by atoms with Crippen molar-refractivity contribution in [2.75, 3.05) is 13.2 Å². The van der Waals surface area contributed by atoms with E-state index in [1.165, 1.54) is 5.57 Å². The summed E-state index contributed by atoms with van der Waals surface area (Å²) in [6.45, 7) is 7.31. The van der Waals surface area contributed by atoms with Crippen LogP contribution < -0.4 is 5.32 Å². The Morgan fingerprint density at radius 2 is 2.17 bits per heavy atom. The van der Waals surface area contributed by atoms with E-state index < -0.39 is 0 Å². The molecule has 0 aliphatic heterocycles. The van der Waals surface area contributed by atoms with E-state index in [-0.39, 0.29) is 6.61 Å². The fourth-order valence-corrected chi connectivity index (χ4v) is 1.04. The van der Waals surface area contributed by atoms with Gasteiger partial charge in [0.25, 0.3) is 0 Å². The van der Waals surface area contributed by atoms with Crippen molar-refractivity contribution in [2.24, 2.45) is 0 Å². The predicted molar refractivity (Wildman–Crippen MR) is 53.2 cm³/mol. The van der Waals surface area contributed by atoms with Gasteiger partial charge >= 0.3 is 0 Å². The highest BCUT2D eigenvalue weighted by molar-refractivity contribution is 4.93. The number of aliphatic hydroxyl groups is 1. The molecule has 0 rings (SSSR count). The Morgan fingerprint density at radius 1 is 1.50 bits per heavy atom. The Balaban J connectivity index is 3.31. The smallest absolute Gasteiger partial charge is 0.0556 e. The Morgan fingerprint density at radius 3 is 2.67 bits per heavy atom. The molecule has 0 fully saturated rings. The van der Waals surface area contributed by atoms with Crippen LogP contribution in [0, 0.1) is 0 Å². The van der Waals surface area contributed by atoms with E-state index in [9.17, 15) is 0 Å². The highest BCUT2D eigenvalue weighted by Gasteiger charge is 1.97. The molecule has 0 aromatic rings. The summed E-state index contributed by atoms with van der Waals surface area (Å²) >= 11 is 0. The van der Waals surface area contributed by atoms with Gasteiger partial charge in [-0.2, -0.15) is 0 Å². The Bertz CT molecular complexity index is 128. The third kappa shape index (κ3) is 7.76. The lowest BCUT2D eigenvalue weighted by Gasteiger charge is -2.10. The molecule has 2 N–H and O–H groups in total. The topological polar surface area (TPSA) is 32.3 Å². The lowest BCUT2D eigenvalue weighted by molar-refractivity contribution is 0.284. The standard InChI is InChI=1S/C10H21NO/c1-9(2)5-4-6-10(3)11-7-8-12/h5,10-12H,4,6-8H2,1-3H3. The van der Waals surface area contributed by atoms with Gasteiger partial charge in [0.1, 0.15) is 0 Å². The van der Waals surface area contributed by atoms with Gasteiger partial charge in [-0.05, 0) is 33.6 Å². The van der Waals surface area contributed by atoms with Crippen LogP contribution >= 0.6 is 0 Å². The van der Waals surface area contributed by atoms with Crippen molar-refractivity contribution in [3.8, 4) is 0 Å². The molecule has 2 nitrogen and oxygen atoms in total. The van der Waals surface area contributed by atoms with E-state index in [0.717, 1.165) is 12.8 Å². The zero-order valence-electron chi connectivity index (χ0n) is 8.43. The molecule has 0 heterocycles. The fraction of sp³-hybridized carbons (Fsp3) is 0.800. The van der Waals surface area contributed by atoms with Gasteiger partial charge in [-0.3, -0.25) is 0 Å². The Kier molecular flexibility index (Phi) is 7.11. The number of aliphatic hydroxyl groups excluding tert-OH is 1. The van der Waals surface area contributed by atoms with Crippen LogP contribution in [-0.4, -0.2) is 24.3 Å². The van der Waals surface area contributed by atoms with E-state index in [1.807, 2.05) is 0 Å². The molecule has 2 heteroatoms. The van der Waals surface area contributed by atoms with Crippen LogP contribution in [0.1, 0.15) is 33.6 Å². The van der Waals surface area contributed by atoms with E-state index in [1.54, 1.807) is 0 Å². The van der Waals surface area contributed by atoms with Gasteiger partial charge in [0.15, 0.2) is 0 Å². The van der Waals surface area contributed by atoms with Crippen LogP contribution in [0.25, 0.3) is 0 Å². The Hall–Kier alpha value is -0.340. The minimum atomic E-state index is 0.229. The van der Waals surface area contributed by atoms with Crippen molar-refractivity contribution in [2.45, 2.75) is 39.7 Å². The van der Waals surface area contributed by atoms with Gasteiger partial charge in [-0.15, -0.1) is 0 Å². The van der Waals surface area contributed by atoms with E-state index in [2.05, 4.69) is 32.2 Å². The molecule has 0 spiro atoms. The van der Waals surface area contributed by atoms with Crippen molar-refractivity contribution in [3.63, 3.8) is 0 Å². The number of allylic oxidation sites excluding steroid dienone is 2. The molecule has 0 amide bonds. The summed E-state index contributed by atoms with van der Waals surface area (Å²) in [7, 11) is 0. The first-order valence-electron chi connectivity index (χ1n) is 4.64. The second-order valence-electron chi connectivity index (χ2n) is 3.44. The molecule has 0 aliphatic rings. The normalized spacial score (nSPS) is 12.7. The van der Waals surface area contributed by atoms with Gasteiger partial charge < -0.3 is 10.4 Å². The third-order valence-corrected chi connectivity index (χ3v) is 1.76. The summed E-state index contributed by atoms with van der Waals surface area (Å²) in [5.41, 5.74) is 1.38.